The molecule has 2 aromatic heterocycles. The number of nitrogens with zero attached hydrogens (tertiary/aromatic N) is 5. The van der Waals surface area contributed by atoms with Crippen LogP contribution >= 0.6 is 0 Å². The van der Waals surface area contributed by atoms with Crippen LogP contribution in [-0.2, 0) is 22.3 Å². The number of likely N-dealkylation sites (tertiary alicyclic amines) is 1. The second-order valence-electron chi connectivity index (χ2n) is 11.5. The molecule has 252 valence electrons. The van der Waals surface area contributed by atoms with Gasteiger partial charge in [-0.1, -0.05) is 0 Å². The second kappa shape index (κ2) is 12.7. The molecule has 1 saturated heterocycles. The van der Waals surface area contributed by atoms with Gasteiger partial charge in [0.1, 0.15) is 17.9 Å². The van der Waals surface area contributed by atoms with Crippen molar-refractivity contribution in [2.75, 3.05) is 25.0 Å². The number of nitrogens with one attached hydrogen (secondary N) is 1. The van der Waals surface area contributed by atoms with Crippen molar-refractivity contribution in [2.24, 2.45) is 0 Å². The molecule has 48 heavy (non-hydrogen) atoms. The smallest absolute Gasteiger partial charge is 0.416 e. The van der Waals surface area contributed by atoms with Crippen LogP contribution in [0.1, 0.15) is 64.6 Å². The number of halogens is 5. The van der Waals surface area contributed by atoms with Gasteiger partial charge in [0.2, 0.25) is 17.5 Å². The largest absolute Gasteiger partial charge is 0.504 e. The van der Waals surface area contributed by atoms with Crippen LogP contribution < -0.4 is 10.9 Å². The van der Waals surface area contributed by atoms with E-state index in [0.717, 1.165) is 41.3 Å². The van der Waals surface area contributed by atoms with Crippen LogP contribution in [0.2, 0.25) is 0 Å². The number of piperidine rings is 1. The number of allylic oxidation sites excluding steroid dienone is 1. The Hall–Kier alpha value is -5.28. The molecule has 4 aromatic rings. The van der Waals surface area contributed by atoms with Crippen LogP contribution in [0.4, 0.5) is 27.6 Å². The number of fused-ring (bicyclic) bond motifs is 1. The van der Waals surface area contributed by atoms with Gasteiger partial charge in [0, 0.05) is 30.0 Å². The maximum atomic E-state index is 14.4. The van der Waals surface area contributed by atoms with Crippen LogP contribution in [0.15, 0.2) is 47.3 Å². The van der Waals surface area contributed by atoms with E-state index in [4.69, 9.17) is 4.74 Å². The molecule has 2 amide bonds. The number of carbonyl (C=O) groups is 2. The predicted octanol–water partition coefficient (Wildman–Crippen LogP) is 5.01. The summed E-state index contributed by atoms with van der Waals surface area (Å²) in [5.74, 6) is -4.68. The molecule has 0 radical (unpaired) electrons. The molecule has 16 heteroatoms. The first-order chi connectivity index (χ1) is 22.8. The molecule has 2 aliphatic rings. The molecule has 6 rings (SSSR count). The van der Waals surface area contributed by atoms with E-state index in [1.165, 1.54) is 9.47 Å². The Bertz CT molecular complexity index is 2000. The molecule has 0 bridgehead atoms. The average molecular weight is 673 g/mol. The first-order valence-corrected chi connectivity index (χ1v) is 15.1. The lowest BCUT2D eigenvalue weighted by atomic mass is 9.88. The summed E-state index contributed by atoms with van der Waals surface area (Å²) in [4.78, 5) is 46.0. The number of phenols is 1. The molecule has 11 nitrogen and oxygen atoms in total. The van der Waals surface area contributed by atoms with Crippen molar-refractivity contribution in [2.45, 2.75) is 51.2 Å². The molecule has 4 heterocycles. The first-order valence-electron chi connectivity index (χ1n) is 15.1. The summed E-state index contributed by atoms with van der Waals surface area (Å²) < 4.78 is 75.5. The van der Waals surface area contributed by atoms with E-state index in [1.54, 1.807) is 13.0 Å². The SMILES string of the molecule is Cc1c(C2CCN(C(=O)c3c(F)ccc(F)c3O)CC2)c(=O)n2nc(C3=CCCCO3)nc2n1CC(=O)Nc1ccc(C(F)(F)F)cc1. The monoisotopic (exact) mass is 672 g/mol. The number of anilines is 1. The number of amides is 2. The van der Waals surface area contributed by atoms with E-state index in [1.807, 2.05) is 0 Å². The number of hydrogen-bond donors (Lipinski definition) is 2. The summed E-state index contributed by atoms with van der Waals surface area (Å²) in [6.07, 6.45) is -0.768. The number of hydrogen-bond acceptors (Lipinski definition) is 7. The van der Waals surface area contributed by atoms with Gasteiger partial charge in [0.05, 0.1) is 12.2 Å². The minimum Gasteiger partial charge on any atom is -0.504 e. The summed E-state index contributed by atoms with van der Waals surface area (Å²) in [5.41, 5.74) is -1.34. The van der Waals surface area contributed by atoms with Crippen LogP contribution in [0, 0.1) is 18.6 Å². The van der Waals surface area contributed by atoms with E-state index in [0.29, 0.717) is 36.1 Å². The maximum Gasteiger partial charge on any atom is 0.416 e. The summed E-state index contributed by atoms with van der Waals surface area (Å²) >= 11 is 0. The normalized spacial score (nSPS) is 15.7. The van der Waals surface area contributed by atoms with Crippen LogP contribution in [0.5, 0.6) is 5.75 Å². The Morgan fingerprint density at radius 2 is 1.75 bits per heavy atom. The van der Waals surface area contributed by atoms with Gasteiger partial charge in [-0.2, -0.15) is 22.7 Å². The van der Waals surface area contributed by atoms with Crippen LogP contribution in [-0.4, -0.2) is 60.7 Å². The molecule has 1 fully saturated rings. The topological polar surface area (TPSA) is 131 Å². The number of rotatable bonds is 6. The Balaban J connectivity index is 1.31. The van der Waals surface area contributed by atoms with Crippen molar-refractivity contribution in [3.05, 3.63) is 92.7 Å². The molecule has 0 atom stereocenters. The average Bonchev–Trinajstić information content (AvgIpc) is 3.52. The van der Waals surface area contributed by atoms with E-state index in [2.05, 4.69) is 15.4 Å². The first kappa shape index (κ1) is 32.7. The van der Waals surface area contributed by atoms with Gasteiger partial charge in [-0.3, -0.25) is 14.4 Å². The van der Waals surface area contributed by atoms with Gasteiger partial charge in [0.25, 0.3) is 11.5 Å². The van der Waals surface area contributed by atoms with Crippen molar-refractivity contribution in [3.63, 3.8) is 0 Å². The molecular weight excluding hydrogens is 643 g/mol. The summed E-state index contributed by atoms with van der Waals surface area (Å²) in [6.45, 7) is 1.78. The van der Waals surface area contributed by atoms with Crippen molar-refractivity contribution in [1.29, 1.82) is 0 Å². The predicted molar refractivity (Wildman–Crippen MR) is 161 cm³/mol. The van der Waals surface area contributed by atoms with Crippen molar-refractivity contribution >= 4 is 29.0 Å². The Kier molecular flexibility index (Phi) is 8.66. The van der Waals surface area contributed by atoms with Gasteiger partial charge in [-0.25, -0.2) is 8.78 Å². The highest BCUT2D eigenvalue weighted by Gasteiger charge is 2.33. The molecule has 0 unspecified atom stereocenters. The van der Waals surface area contributed by atoms with Crippen molar-refractivity contribution in [3.8, 4) is 5.75 Å². The zero-order chi connectivity index (χ0) is 34.3. The number of alkyl halides is 3. The van der Waals surface area contributed by atoms with Crippen molar-refractivity contribution < 1.29 is 41.4 Å². The Morgan fingerprint density at radius 3 is 2.40 bits per heavy atom. The third kappa shape index (κ3) is 6.21. The highest BCUT2D eigenvalue weighted by molar-refractivity contribution is 5.97. The zero-order valence-corrected chi connectivity index (χ0v) is 25.5. The zero-order valence-electron chi connectivity index (χ0n) is 25.5. The Morgan fingerprint density at radius 1 is 1.06 bits per heavy atom. The number of carbonyl (C=O) groups excluding carboxylic acids is 2. The second-order valence-corrected chi connectivity index (χ2v) is 11.5. The van der Waals surface area contributed by atoms with E-state index in [9.17, 15) is 41.4 Å². The molecule has 0 aliphatic carbocycles. The van der Waals surface area contributed by atoms with Gasteiger partial charge >= 0.3 is 6.18 Å². The lowest BCUT2D eigenvalue weighted by Gasteiger charge is -2.33. The number of aromatic nitrogens is 4. The third-order valence-corrected chi connectivity index (χ3v) is 8.48. The fourth-order valence-corrected chi connectivity index (χ4v) is 6.02. The van der Waals surface area contributed by atoms with E-state index >= 15 is 0 Å². The maximum absolute atomic E-state index is 14.4. The van der Waals surface area contributed by atoms with Gasteiger partial charge in [-0.15, -0.1) is 5.10 Å². The lowest BCUT2D eigenvalue weighted by molar-refractivity contribution is -0.137. The molecule has 2 N–H and O–H groups in total. The summed E-state index contributed by atoms with van der Waals surface area (Å²) in [7, 11) is 0. The number of ether oxygens (including phenoxy) is 1. The number of aromatic hydroxyl groups is 1. The molecule has 2 aromatic carbocycles. The molecule has 2 aliphatic heterocycles. The van der Waals surface area contributed by atoms with Crippen LogP contribution in [0.25, 0.3) is 11.5 Å². The van der Waals surface area contributed by atoms with E-state index < -0.39 is 58.0 Å². The standard InChI is InChI=1S/C32H29F5N6O5/c1-17-25(18-11-13-41(14-12-18)29(46)26-21(33)9-10-22(34)27(26)45)30(47)43-31(39-28(40-43)23-4-2-3-15-48-23)42(17)16-24(44)38-20-7-5-19(6-8-20)32(35,36)37/h4-10,18,45H,2-3,11-16H2,1H3,(H,38,44). The quantitative estimate of drug-likeness (QED) is 0.276. The number of phenolic OH excluding ortho intramolecular Hbond substituents is 1. The minimum atomic E-state index is -4.54. The number of benzene rings is 2. The third-order valence-electron chi connectivity index (χ3n) is 8.48. The fourth-order valence-electron chi connectivity index (χ4n) is 6.02. The van der Waals surface area contributed by atoms with Crippen LogP contribution in [0.3, 0.4) is 0 Å². The highest BCUT2D eigenvalue weighted by atomic mass is 19.4. The van der Waals surface area contributed by atoms with E-state index in [-0.39, 0.29) is 49.8 Å². The van der Waals surface area contributed by atoms with Crippen molar-refractivity contribution in [1.82, 2.24) is 24.1 Å². The molecular formula is C32H29F5N6O5. The molecule has 0 spiro atoms. The van der Waals surface area contributed by atoms with Gasteiger partial charge in [0.15, 0.2) is 17.3 Å². The van der Waals surface area contributed by atoms with Gasteiger partial charge < -0.3 is 24.6 Å². The summed E-state index contributed by atoms with van der Waals surface area (Å²) in [5, 5.41) is 17.0. The highest BCUT2D eigenvalue weighted by Crippen LogP contribution is 2.33. The lowest BCUT2D eigenvalue weighted by Crippen LogP contribution is -2.40. The van der Waals surface area contributed by atoms with Gasteiger partial charge in [-0.05, 0) is 81.0 Å². The molecule has 0 saturated carbocycles. The minimum absolute atomic E-state index is 0.0403. The Labute approximate surface area is 269 Å². The fraction of sp³-hybridized carbons (Fsp3) is 0.344. The summed E-state index contributed by atoms with van der Waals surface area (Å²) in [6, 6.07) is 5.43.